The molecule has 136 valence electrons. The summed E-state index contributed by atoms with van der Waals surface area (Å²) in [6, 6.07) is 9.09. The van der Waals surface area contributed by atoms with Crippen molar-refractivity contribution in [2.24, 2.45) is 0 Å². The highest BCUT2D eigenvalue weighted by molar-refractivity contribution is 5.91. The zero-order valence-corrected chi connectivity index (χ0v) is 14.1. The van der Waals surface area contributed by atoms with Crippen LogP contribution in [0.2, 0.25) is 0 Å². The second kappa shape index (κ2) is 6.35. The molecule has 4 aromatic heterocycles. The second-order valence-corrected chi connectivity index (χ2v) is 5.78. The van der Waals surface area contributed by atoms with Crippen LogP contribution in [0.3, 0.4) is 0 Å². The minimum absolute atomic E-state index is 0.0469. The smallest absolute Gasteiger partial charge is 0.346 e. The number of nitrogens with one attached hydrogen (secondary N) is 1. The molecule has 0 amide bonds. The summed E-state index contributed by atoms with van der Waals surface area (Å²) in [5, 5.41) is 0.741. The highest BCUT2D eigenvalue weighted by Crippen LogP contribution is 2.32. The van der Waals surface area contributed by atoms with Crippen LogP contribution >= 0.6 is 0 Å². The van der Waals surface area contributed by atoms with Crippen LogP contribution in [-0.2, 0) is 6.18 Å². The number of alkyl halides is 3. The van der Waals surface area contributed by atoms with Crippen molar-refractivity contribution in [1.82, 2.24) is 24.9 Å². The largest absolute Gasteiger partial charge is 0.433 e. The van der Waals surface area contributed by atoms with E-state index in [4.69, 9.17) is 0 Å². The molecule has 0 fully saturated rings. The molecule has 0 aliphatic rings. The van der Waals surface area contributed by atoms with Gasteiger partial charge in [0.05, 0.1) is 5.39 Å². The van der Waals surface area contributed by atoms with Gasteiger partial charge in [-0.1, -0.05) is 6.07 Å². The Labute approximate surface area is 151 Å². The molecule has 4 aromatic rings. The van der Waals surface area contributed by atoms with Crippen molar-refractivity contribution in [3.05, 3.63) is 60.7 Å². The Hall–Kier alpha value is -3.49. The maximum absolute atomic E-state index is 13.0. The van der Waals surface area contributed by atoms with Crippen molar-refractivity contribution in [3.8, 4) is 11.5 Å². The van der Waals surface area contributed by atoms with Crippen molar-refractivity contribution < 1.29 is 13.2 Å². The number of rotatable bonds is 3. The minimum atomic E-state index is -4.54. The average molecular weight is 370 g/mol. The minimum Gasteiger partial charge on any atom is -0.346 e. The van der Waals surface area contributed by atoms with E-state index < -0.39 is 11.9 Å². The molecule has 0 atom stereocenters. The molecule has 0 aromatic carbocycles. The van der Waals surface area contributed by atoms with Crippen molar-refractivity contribution in [2.75, 3.05) is 11.9 Å². The van der Waals surface area contributed by atoms with E-state index in [2.05, 4.69) is 24.9 Å². The number of halogens is 3. The average Bonchev–Trinajstić information content (AvgIpc) is 3.15. The monoisotopic (exact) mass is 370 g/mol. The van der Waals surface area contributed by atoms with Gasteiger partial charge >= 0.3 is 6.18 Å². The Morgan fingerprint density at radius 3 is 2.48 bits per heavy atom. The lowest BCUT2D eigenvalue weighted by Crippen LogP contribution is -2.13. The van der Waals surface area contributed by atoms with E-state index in [1.807, 2.05) is 30.1 Å². The fraction of sp³-hybridized carbons (Fsp3) is 0.111. The van der Waals surface area contributed by atoms with E-state index in [0.29, 0.717) is 11.5 Å². The van der Waals surface area contributed by atoms with Gasteiger partial charge in [-0.3, -0.25) is 4.98 Å². The van der Waals surface area contributed by atoms with Crippen molar-refractivity contribution in [1.29, 1.82) is 0 Å². The Morgan fingerprint density at radius 2 is 1.74 bits per heavy atom. The molecule has 0 saturated carbocycles. The van der Waals surface area contributed by atoms with E-state index in [9.17, 15) is 13.2 Å². The summed E-state index contributed by atoms with van der Waals surface area (Å²) in [6.45, 7) is 0. The maximum Gasteiger partial charge on any atom is 0.433 e. The van der Waals surface area contributed by atoms with Gasteiger partial charge in [-0.2, -0.15) is 13.2 Å². The number of pyridine rings is 2. The number of fused-ring (bicyclic) bond motifs is 1. The Kier molecular flexibility index (Phi) is 3.98. The number of anilines is 2. The molecule has 1 N–H and O–H groups in total. The fourth-order valence-electron chi connectivity index (χ4n) is 2.70. The molecule has 4 rings (SSSR count). The van der Waals surface area contributed by atoms with E-state index in [-0.39, 0.29) is 11.5 Å². The van der Waals surface area contributed by atoms with Crippen LogP contribution in [0.25, 0.3) is 22.6 Å². The molecule has 0 aliphatic heterocycles. The first kappa shape index (κ1) is 17.0. The SMILES string of the molecule is CN(c1ccncc1)c1nc(-c2cccc(C(F)(F)F)n2)nc2[nH]ccc12. The number of hydrogen-bond donors (Lipinski definition) is 1. The molecule has 6 nitrogen and oxygen atoms in total. The summed E-state index contributed by atoms with van der Waals surface area (Å²) in [6.07, 6.45) is 0.461. The van der Waals surface area contributed by atoms with E-state index >= 15 is 0 Å². The predicted molar refractivity (Wildman–Crippen MR) is 94.4 cm³/mol. The topological polar surface area (TPSA) is 70.6 Å². The summed E-state index contributed by atoms with van der Waals surface area (Å²) >= 11 is 0. The van der Waals surface area contributed by atoms with Crippen molar-refractivity contribution in [2.45, 2.75) is 6.18 Å². The quantitative estimate of drug-likeness (QED) is 0.585. The third kappa shape index (κ3) is 3.19. The van der Waals surface area contributed by atoms with Crippen LogP contribution in [0.4, 0.5) is 24.7 Å². The first-order chi connectivity index (χ1) is 12.9. The van der Waals surface area contributed by atoms with E-state index in [1.54, 1.807) is 18.6 Å². The van der Waals surface area contributed by atoms with Crippen LogP contribution in [0, 0.1) is 0 Å². The zero-order chi connectivity index (χ0) is 19.0. The van der Waals surface area contributed by atoms with E-state index in [1.165, 1.54) is 12.1 Å². The van der Waals surface area contributed by atoms with Crippen molar-refractivity contribution in [3.63, 3.8) is 0 Å². The van der Waals surface area contributed by atoms with Gasteiger partial charge in [-0.05, 0) is 30.3 Å². The second-order valence-electron chi connectivity index (χ2n) is 5.78. The molecule has 27 heavy (non-hydrogen) atoms. The number of hydrogen-bond acceptors (Lipinski definition) is 5. The van der Waals surface area contributed by atoms with Gasteiger partial charge < -0.3 is 9.88 Å². The first-order valence-electron chi connectivity index (χ1n) is 7.97. The first-order valence-corrected chi connectivity index (χ1v) is 7.97. The maximum atomic E-state index is 13.0. The lowest BCUT2D eigenvalue weighted by Gasteiger charge is -2.19. The summed E-state index contributed by atoms with van der Waals surface area (Å²) in [7, 11) is 1.81. The third-order valence-electron chi connectivity index (χ3n) is 4.03. The van der Waals surface area contributed by atoms with Gasteiger partial charge in [0, 0.05) is 31.3 Å². The fourth-order valence-corrected chi connectivity index (χ4v) is 2.70. The van der Waals surface area contributed by atoms with Crippen LogP contribution in [0.15, 0.2) is 55.0 Å². The molecule has 0 saturated heterocycles. The van der Waals surface area contributed by atoms with Gasteiger partial charge in [-0.15, -0.1) is 0 Å². The standard InChI is InChI=1S/C18H13F3N6/c1-27(11-5-8-22-9-6-11)17-12-7-10-23-15(12)25-16(26-17)13-3-2-4-14(24-13)18(19,20)21/h2-10H,1H3,(H,23,25,26). The summed E-state index contributed by atoms with van der Waals surface area (Å²) in [5.41, 5.74) is 0.397. The third-order valence-corrected chi connectivity index (χ3v) is 4.03. The van der Waals surface area contributed by atoms with Gasteiger partial charge in [0.1, 0.15) is 22.9 Å². The molecule has 0 bridgehead atoms. The molecule has 0 aliphatic carbocycles. The Balaban J connectivity index is 1.87. The summed E-state index contributed by atoms with van der Waals surface area (Å²) < 4.78 is 39.0. The van der Waals surface area contributed by atoms with Gasteiger partial charge in [-0.25, -0.2) is 15.0 Å². The summed E-state index contributed by atoms with van der Waals surface area (Å²) in [5.74, 6) is 0.647. The lowest BCUT2D eigenvalue weighted by atomic mass is 10.2. The van der Waals surface area contributed by atoms with Gasteiger partial charge in [0.2, 0.25) is 0 Å². The molecule has 0 radical (unpaired) electrons. The highest BCUT2D eigenvalue weighted by Gasteiger charge is 2.32. The van der Waals surface area contributed by atoms with Crippen LogP contribution < -0.4 is 4.90 Å². The molecular formula is C18H13F3N6. The molecular weight excluding hydrogens is 357 g/mol. The van der Waals surface area contributed by atoms with Crippen LogP contribution in [0.1, 0.15) is 5.69 Å². The molecule has 4 heterocycles. The Bertz CT molecular complexity index is 1090. The van der Waals surface area contributed by atoms with Gasteiger partial charge in [0.15, 0.2) is 5.82 Å². The molecule has 0 spiro atoms. The number of aromatic amines is 1. The predicted octanol–water partition coefficient (Wildman–Crippen LogP) is 4.20. The molecule has 0 unspecified atom stereocenters. The number of nitrogens with zero attached hydrogens (tertiary/aromatic N) is 5. The Morgan fingerprint density at radius 1 is 0.963 bits per heavy atom. The lowest BCUT2D eigenvalue weighted by molar-refractivity contribution is -0.141. The van der Waals surface area contributed by atoms with Crippen molar-refractivity contribution >= 4 is 22.5 Å². The zero-order valence-electron chi connectivity index (χ0n) is 14.1. The van der Waals surface area contributed by atoms with Crippen LogP contribution in [-0.4, -0.2) is 32.0 Å². The summed E-state index contributed by atoms with van der Waals surface area (Å²) in [4.78, 5) is 21.3. The normalized spacial score (nSPS) is 11.7. The number of aromatic nitrogens is 5. The number of H-pyrrole nitrogens is 1. The van der Waals surface area contributed by atoms with E-state index in [0.717, 1.165) is 17.1 Å². The highest BCUT2D eigenvalue weighted by atomic mass is 19.4. The molecule has 9 heteroatoms. The van der Waals surface area contributed by atoms with Crippen LogP contribution in [0.5, 0.6) is 0 Å². The van der Waals surface area contributed by atoms with Gasteiger partial charge in [0.25, 0.3) is 0 Å².